The van der Waals surface area contributed by atoms with Gasteiger partial charge in [-0.3, -0.25) is 4.90 Å². The van der Waals surface area contributed by atoms with Crippen LogP contribution >= 0.6 is 0 Å². The average molecular weight is 250 g/mol. The Morgan fingerprint density at radius 2 is 1.78 bits per heavy atom. The van der Waals surface area contributed by atoms with Crippen molar-refractivity contribution in [1.82, 2.24) is 4.90 Å². The summed E-state index contributed by atoms with van der Waals surface area (Å²) in [6.45, 7) is 9.75. The fraction of sp³-hybridized carbons (Fsp3) is 0.500. The van der Waals surface area contributed by atoms with E-state index in [2.05, 4.69) is 0 Å². The van der Waals surface area contributed by atoms with Gasteiger partial charge in [-0.25, -0.2) is 4.79 Å². The van der Waals surface area contributed by atoms with Gasteiger partial charge in [0.05, 0.1) is 5.69 Å². The number of carbonyl (C=O) groups is 1. The molecule has 0 aliphatic rings. The van der Waals surface area contributed by atoms with Crippen LogP contribution in [-0.4, -0.2) is 35.7 Å². The molecule has 2 amide bonds. The first kappa shape index (κ1) is 14.4. The zero-order valence-corrected chi connectivity index (χ0v) is 11.6. The Morgan fingerprint density at radius 3 is 2.28 bits per heavy atom. The van der Waals surface area contributed by atoms with Gasteiger partial charge in [-0.05, 0) is 39.3 Å². The lowest BCUT2D eigenvalue weighted by molar-refractivity contribution is 0.210. The van der Waals surface area contributed by atoms with Crippen molar-refractivity contribution >= 4 is 11.7 Å². The van der Waals surface area contributed by atoms with E-state index < -0.39 is 0 Å². The normalized spacial score (nSPS) is 10.2. The summed E-state index contributed by atoms with van der Waals surface area (Å²) in [6.07, 6.45) is 0. The SMILES string of the molecule is CCN(CC)C(=O)N(CC)c1cc(O)ccc1C. The number of carbonyl (C=O) groups excluding carboxylic acids is 1. The monoisotopic (exact) mass is 250 g/mol. The smallest absolute Gasteiger partial charge is 0.324 e. The molecular formula is C14H22N2O2. The molecule has 0 aromatic heterocycles. The molecule has 0 bridgehead atoms. The van der Waals surface area contributed by atoms with Crippen LogP contribution in [0.15, 0.2) is 18.2 Å². The number of hydrogen-bond donors (Lipinski definition) is 1. The molecule has 0 atom stereocenters. The first-order valence-corrected chi connectivity index (χ1v) is 6.41. The van der Waals surface area contributed by atoms with Gasteiger partial charge in [0.25, 0.3) is 0 Å². The number of aromatic hydroxyl groups is 1. The third-order valence-corrected chi connectivity index (χ3v) is 3.06. The fourth-order valence-corrected chi connectivity index (χ4v) is 1.96. The van der Waals surface area contributed by atoms with Crippen LogP contribution in [0.25, 0.3) is 0 Å². The maximum absolute atomic E-state index is 12.4. The minimum atomic E-state index is -0.0174. The molecule has 0 spiro atoms. The van der Waals surface area contributed by atoms with Crippen molar-refractivity contribution in [3.8, 4) is 5.75 Å². The highest BCUT2D eigenvalue weighted by molar-refractivity contribution is 5.93. The molecule has 0 aliphatic carbocycles. The van der Waals surface area contributed by atoms with Crippen molar-refractivity contribution in [2.24, 2.45) is 0 Å². The van der Waals surface area contributed by atoms with Crippen molar-refractivity contribution in [1.29, 1.82) is 0 Å². The molecule has 1 aromatic rings. The van der Waals surface area contributed by atoms with E-state index >= 15 is 0 Å². The quantitative estimate of drug-likeness (QED) is 0.892. The molecule has 4 nitrogen and oxygen atoms in total. The van der Waals surface area contributed by atoms with Gasteiger partial charge < -0.3 is 10.0 Å². The zero-order chi connectivity index (χ0) is 13.7. The van der Waals surface area contributed by atoms with Gasteiger partial charge in [0.1, 0.15) is 5.75 Å². The van der Waals surface area contributed by atoms with Gasteiger partial charge >= 0.3 is 6.03 Å². The number of benzene rings is 1. The Morgan fingerprint density at radius 1 is 1.17 bits per heavy atom. The Balaban J connectivity index is 3.09. The minimum Gasteiger partial charge on any atom is -0.508 e. The number of anilines is 1. The summed E-state index contributed by atoms with van der Waals surface area (Å²) < 4.78 is 0. The Labute approximate surface area is 109 Å². The summed E-state index contributed by atoms with van der Waals surface area (Å²) >= 11 is 0. The number of rotatable bonds is 4. The van der Waals surface area contributed by atoms with Crippen LogP contribution < -0.4 is 4.90 Å². The Hall–Kier alpha value is -1.71. The maximum atomic E-state index is 12.4. The molecule has 0 heterocycles. The van der Waals surface area contributed by atoms with Crippen LogP contribution in [0.5, 0.6) is 5.75 Å². The van der Waals surface area contributed by atoms with Gasteiger partial charge in [0.15, 0.2) is 0 Å². The highest BCUT2D eigenvalue weighted by atomic mass is 16.3. The van der Waals surface area contributed by atoms with Gasteiger partial charge in [-0.1, -0.05) is 6.07 Å². The van der Waals surface area contributed by atoms with E-state index in [1.807, 2.05) is 33.8 Å². The van der Waals surface area contributed by atoms with Crippen LogP contribution in [0.3, 0.4) is 0 Å². The second-order valence-electron chi connectivity index (χ2n) is 4.17. The average Bonchev–Trinajstić information content (AvgIpc) is 2.36. The molecule has 0 radical (unpaired) electrons. The number of urea groups is 1. The molecule has 100 valence electrons. The third-order valence-electron chi connectivity index (χ3n) is 3.06. The summed E-state index contributed by atoms with van der Waals surface area (Å²) in [6, 6.07) is 5.08. The van der Waals surface area contributed by atoms with Crippen molar-refractivity contribution in [2.75, 3.05) is 24.5 Å². The van der Waals surface area contributed by atoms with Crippen LogP contribution in [-0.2, 0) is 0 Å². The summed E-state index contributed by atoms with van der Waals surface area (Å²) in [5.74, 6) is 0.182. The molecule has 1 N–H and O–H groups in total. The zero-order valence-electron chi connectivity index (χ0n) is 11.6. The predicted molar refractivity (Wildman–Crippen MR) is 74.2 cm³/mol. The number of phenolic OH excluding ortho intramolecular Hbond substituents is 1. The molecule has 1 rings (SSSR count). The summed E-state index contributed by atoms with van der Waals surface area (Å²) in [5.41, 5.74) is 1.75. The lowest BCUT2D eigenvalue weighted by Crippen LogP contribution is -2.43. The van der Waals surface area contributed by atoms with Crippen LogP contribution in [0, 0.1) is 6.92 Å². The van der Waals surface area contributed by atoms with Gasteiger partial charge in [0, 0.05) is 25.7 Å². The second kappa shape index (κ2) is 6.28. The van der Waals surface area contributed by atoms with Crippen molar-refractivity contribution in [2.45, 2.75) is 27.7 Å². The number of nitrogens with zero attached hydrogens (tertiary/aromatic N) is 2. The minimum absolute atomic E-state index is 0.0174. The number of hydrogen-bond acceptors (Lipinski definition) is 2. The highest BCUT2D eigenvalue weighted by Gasteiger charge is 2.20. The first-order valence-electron chi connectivity index (χ1n) is 6.41. The molecule has 0 saturated carbocycles. The van der Waals surface area contributed by atoms with Crippen LogP contribution in [0.2, 0.25) is 0 Å². The van der Waals surface area contributed by atoms with E-state index in [4.69, 9.17) is 0 Å². The van der Waals surface area contributed by atoms with E-state index in [0.29, 0.717) is 19.6 Å². The molecular weight excluding hydrogens is 228 g/mol. The topological polar surface area (TPSA) is 43.8 Å². The van der Waals surface area contributed by atoms with E-state index in [1.54, 1.807) is 21.9 Å². The van der Waals surface area contributed by atoms with E-state index in [0.717, 1.165) is 11.3 Å². The Kier molecular flexibility index (Phi) is 5.01. The van der Waals surface area contributed by atoms with Crippen LogP contribution in [0.1, 0.15) is 26.3 Å². The van der Waals surface area contributed by atoms with Crippen molar-refractivity contribution < 1.29 is 9.90 Å². The lowest BCUT2D eigenvalue weighted by atomic mass is 10.1. The first-order chi connectivity index (χ1) is 8.54. The Bertz CT molecular complexity index is 414. The molecule has 0 unspecified atom stereocenters. The molecule has 0 aliphatic heterocycles. The maximum Gasteiger partial charge on any atom is 0.324 e. The van der Waals surface area contributed by atoms with E-state index in [9.17, 15) is 9.90 Å². The van der Waals surface area contributed by atoms with Gasteiger partial charge in [-0.15, -0.1) is 0 Å². The molecule has 18 heavy (non-hydrogen) atoms. The van der Waals surface area contributed by atoms with Crippen molar-refractivity contribution in [3.05, 3.63) is 23.8 Å². The molecule has 0 saturated heterocycles. The lowest BCUT2D eigenvalue weighted by Gasteiger charge is -2.29. The largest absolute Gasteiger partial charge is 0.508 e. The standard InChI is InChI=1S/C14H22N2O2/c1-5-15(6-2)14(18)16(7-3)13-10-12(17)9-8-11(13)4/h8-10,17H,5-7H2,1-4H3. The van der Waals surface area contributed by atoms with Crippen LogP contribution in [0.4, 0.5) is 10.5 Å². The van der Waals surface area contributed by atoms with Gasteiger partial charge in [-0.2, -0.15) is 0 Å². The molecule has 0 fully saturated rings. The summed E-state index contributed by atoms with van der Waals surface area (Å²) in [4.78, 5) is 15.8. The van der Waals surface area contributed by atoms with Crippen molar-refractivity contribution in [3.63, 3.8) is 0 Å². The summed E-state index contributed by atoms with van der Waals surface area (Å²) in [7, 11) is 0. The second-order valence-corrected chi connectivity index (χ2v) is 4.17. The fourth-order valence-electron chi connectivity index (χ4n) is 1.96. The number of aryl methyl sites for hydroxylation is 1. The number of amides is 2. The molecule has 1 aromatic carbocycles. The number of phenols is 1. The predicted octanol–water partition coefficient (Wildman–Crippen LogP) is 2.99. The molecule has 4 heteroatoms. The van der Waals surface area contributed by atoms with Gasteiger partial charge in [0.2, 0.25) is 0 Å². The van der Waals surface area contributed by atoms with E-state index in [1.165, 1.54) is 0 Å². The highest BCUT2D eigenvalue weighted by Crippen LogP contribution is 2.25. The summed E-state index contributed by atoms with van der Waals surface area (Å²) in [5, 5.41) is 9.57. The third kappa shape index (κ3) is 2.94. The van der Waals surface area contributed by atoms with E-state index in [-0.39, 0.29) is 11.8 Å².